The standard InChI is InChI=1S/C20H15ClO/c21-18-13-11-17(12-14-18)20(22)19(15-7-3-1-4-8-15)16-9-5-2-6-10-16/h1-14,19H. The second kappa shape index (κ2) is 6.59. The summed E-state index contributed by atoms with van der Waals surface area (Å²) < 4.78 is 0. The maximum atomic E-state index is 13.0. The van der Waals surface area contributed by atoms with Crippen molar-refractivity contribution in [3.63, 3.8) is 0 Å². The van der Waals surface area contributed by atoms with Gasteiger partial charge < -0.3 is 0 Å². The number of rotatable bonds is 4. The second-order valence-electron chi connectivity index (χ2n) is 5.13. The Balaban J connectivity index is 2.06. The van der Waals surface area contributed by atoms with Gasteiger partial charge in [-0.1, -0.05) is 72.3 Å². The number of Topliss-reactive ketones (excluding diaryl/α,β-unsaturated/α-hetero) is 1. The van der Waals surface area contributed by atoms with Crippen molar-refractivity contribution in [3.8, 4) is 0 Å². The Kier molecular flexibility index (Phi) is 4.36. The second-order valence-corrected chi connectivity index (χ2v) is 5.56. The van der Waals surface area contributed by atoms with Gasteiger partial charge in [-0.3, -0.25) is 4.79 Å². The fourth-order valence-electron chi connectivity index (χ4n) is 2.57. The van der Waals surface area contributed by atoms with Gasteiger partial charge in [-0.2, -0.15) is 0 Å². The predicted molar refractivity (Wildman–Crippen MR) is 90.5 cm³/mol. The van der Waals surface area contributed by atoms with Gasteiger partial charge in [-0.25, -0.2) is 0 Å². The Hall–Kier alpha value is -2.38. The first-order valence-electron chi connectivity index (χ1n) is 7.15. The van der Waals surface area contributed by atoms with E-state index in [1.54, 1.807) is 24.3 Å². The molecule has 0 saturated carbocycles. The Morgan fingerprint density at radius 1 is 0.682 bits per heavy atom. The van der Waals surface area contributed by atoms with E-state index in [2.05, 4.69) is 0 Å². The largest absolute Gasteiger partial charge is 0.293 e. The minimum atomic E-state index is -0.302. The molecule has 22 heavy (non-hydrogen) atoms. The van der Waals surface area contributed by atoms with Crippen molar-refractivity contribution in [2.45, 2.75) is 5.92 Å². The molecule has 0 heterocycles. The number of carbonyl (C=O) groups is 1. The zero-order chi connectivity index (χ0) is 15.4. The molecule has 2 heteroatoms. The Labute approximate surface area is 135 Å². The third kappa shape index (κ3) is 3.10. The quantitative estimate of drug-likeness (QED) is 0.593. The third-order valence-corrected chi connectivity index (χ3v) is 3.91. The molecule has 1 nitrogen and oxygen atoms in total. The summed E-state index contributed by atoms with van der Waals surface area (Å²) in [5, 5.41) is 0.632. The van der Waals surface area contributed by atoms with Crippen LogP contribution in [0.5, 0.6) is 0 Å². The van der Waals surface area contributed by atoms with Crippen molar-refractivity contribution < 1.29 is 4.79 Å². The van der Waals surface area contributed by atoms with E-state index in [-0.39, 0.29) is 11.7 Å². The molecule has 3 aromatic carbocycles. The van der Waals surface area contributed by atoms with Crippen molar-refractivity contribution in [1.82, 2.24) is 0 Å². The SMILES string of the molecule is O=C(c1ccc(Cl)cc1)C(c1ccccc1)c1ccccc1. The molecule has 0 spiro atoms. The number of halogens is 1. The summed E-state index contributed by atoms with van der Waals surface area (Å²) in [6.07, 6.45) is 0. The van der Waals surface area contributed by atoms with Gasteiger partial charge in [0.25, 0.3) is 0 Å². The van der Waals surface area contributed by atoms with Gasteiger partial charge in [0.2, 0.25) is 0 Å². The van der Waals surface area contributed by atoms with E-state index in [0.717, 1.165) is 11.1 Å². The maximum Gasteiger partial charge on any atom is 0.174 e. The summed E-state index contributed by atoms with van der Waals surface area (Å²) in [4.78, 5) is 13.0. The molecule has 0 saturated heterocycles. The highest BCUT2D eigenvalue weighted by atomic mass is 35.5. The molecule has 0 aliphatic carbocycles. The molecule has 0 bridgehead atoms. The van der Waals surface area contributed by atoms with Crippen LogP contribution in [0.4, 0.5) is 0 Å². The first-order valence-corrected chi connectivity index (χ1v) is 7.53. The van der Waals surface area contributed by atoms with Crippen LogP contribution in [0.3, 0.4) is 0 Å². The molecule has 0 atom stereocenters. The fraction of sp³-hybridized carbons (Fsp3) is 0.0500. The van der Waals surface area contributed by atoms with Crippen LogP contribution in [0, 0.1) is 0 Å². The lowest BCUT2D eigenvalue weighted by Crippen LogP contribution is -2.14. The minimum Gasteiger partial charge on any atom is -0.293 e. The maximum absolute atomic E-state index is 13.0. The normalized spacial score (nSPS) is 10.6. The van der Waals surface area contributed by atoms with E-state index in [0.29, 0.717) is 10.6 Å². The molecular formula is C20H15ClO. The molecule has 0 radical (unpaired) electrons. The topological polar surface area (TPSA) is 17.1 Å². The summed E-state index contributed by atoms with van der Waals surface area (Å²) in [5.41, 5.74) is 2.66. The Bertz CT molecular complexity index is 709. The van der Waals surface area contributed by atoms with E-state index in [1.807, 2.05) is 60.7 Å². The summed E-state index contributed by atoms with van der Waals surface area (Å²) in [6.45, 7) is 0. The Morgan fingerprint density at radius 2 is 1.14 bits per heavy atom. The third-order valence-electron chi connectivity index (χ3n) is 3.66. The smallest absolute Gasteiger partial charge is 0.174 e. The van der Waals surface area contributed by atoms with Crippen LogP contribution in [0.2, 0.25) is 5.02 Å². The highest BCUT2D eigenvalue weighted by Crippen LogP contribution is 2.28. The number of ketones is 1. The van der Waals surface area contributed by atoms with E-state index in [9.17, 15) is 4.79 Å². The van der Waals surface area contributed by atoms with Gasteiger partial charge in [-0.15, -0.1) is 0 Å². The van der Waals surface area contributed by atoms with Crippen LogP contribution in [-0.2, 0) is 0 Å². The van der Waals surface area contributed by atoms with Crippen molar-refractivity contribution in [2.75, 3.05) is 0 Å². The van der Waals surface area contributed by atoms with E-state index in [1.165, 1.54) is 0 Å². The zero-order valence-corrected chi connectivity index (χ0v) is 12.7. The van der Waals surface area contributed by atoms with Gasteiger partial charge >= 0.3 is 0 Å². The van der Waals surface area contributed by atoms with Crippen molar-refractivity contribution in [1.29, 1.82) is 0 Å². The summed E-state index contributed by atoms with van der Waals surface area (Å²) in [6, 6.07) is 26.8. The molecule has 0 fully saturated rings. The van der Waals surface area contributed by atoms with Gasteiger partial charge in [0.1, 0.15) is 0 Å². The summed E-state index contributed by atoms with van der Waals surface area (Å²) in [5.74, 6) is -0.224. The van der Waals surface area contributed by atoms with Crippen LogP contribution in [-0.4, -0.2) is 5.78 Å². The molecule has 3 rings (SSSR count). The lowest BCUT2D eigenvalue weighted by molar-refractivity contribution is 0.0974. The zero-order valence-electron chi connectivity index (χ0n) is 11.9. The van der Waals surface area contributed by atoms with Crippen LogP contribution in [0.25, 0.3) is 0 Å². The molecule has 0 amide bonds. The van der Waals surface area contributed by atoms with Crippen LogP contribution < -0.4 is 0 Å². The summed E-state index contributed by atoms with van der Waals surface area (Å²) >= 11 is 5.92. The predicted octanol–water partition coefficient (Wildman–Crippen LogP) is 5.35. The highest BCUT2D eigenvalue weighted by Gasteiger charge is 2.23. The van der Waals surface area contributed by atoms with Crippen molar-refractivity contribution in [2.24, 2.45) is 0 Å². The number of hydrogen-bond donors (Lipinski definition) is 0. The highest BCUT2D eigenvalue weighted by molar-refractivity contribution is 6.30. The van der Waals surface area contributed by atoms with E-state index >= 15 is 0 Å². The molecular weight excluding hydrogens is 292 g/mol. The van der Waals surface area contributed by atoms with Gasteiger partial charge in [0.05, 0.1) is 5.92 Å². The average Bonchev–Trinajstić information content (AvgIpc) is 2.57. The first-order chi connectivity index (χ1) is 10.8. The minimum absolute atomic E-state index is 0.0778. The van der Waals surface area contributed by atoms with Gasteiger partial charge in [0.15, 0.2) is 5.78 Å². The molecule has 0 N–H and O–H groups in total. The lowest BCUT2D eigenvalue weighted by Gasteiger charge is -2.17. The average molecular weight is 307 g/mol. The van der Waals surface area contributed by atoms with Crippen LogP contribution in [0.1, 0.15) is 27.4 Å². The molecule has 0 aliphatic heterocycles. The monoisotopic (exact) mass is 306 g/mol. The number of carbonyl (C=O) groups excluding carboxylic acids is 1. The summed E-state index contributed by atoms with van der Waals surface area (Å²) in [7, 11) is 0. The van der Waals surface area contributed by atoms with Crippen molar-refractivity contribution >= 4 is 17.4 Å². The van der Waals surface area contributed by atoms with Crippen molar-refractivity contribution in [3.05, 3.63) is 107 Å². The van der Waals surface area contributed by atoms with Gasteiger partial charge in [0, 0.05) is 10.6 Å². The molecule has 0 aromatic heterocycles. The number of hydrogen-bond acceptors (Lipinski definition) is 1. The first kappa shape index (κ1) is 14.6. The van der Waals surface area contributed by atoms with Crippen LogP contribution >= 0.6 is 11.6 Å². The fourth-order valence-corrected chi connectivity index (χ4v) is 2.69. The van der Waals surface area contributed by atoms with E-state index < -0.39 is 0 Å². The van der Waals surface area contributed by atoms with E-state index in [4.69, 9.17) is 11.6 Å². The molecule has 0 unspecified atom stereocenters. The molecule has 3 aromatic rings. The Morgan fingerprint density at radius 3 is 1.59 bits per heavy atom. The lowest BCUT2D eigenvalue weighted by atomic mass is 9.85. The van der Waals surface area contributed by atoms with Crippen LogP contribution in [0.15, 0.2) is 84.9 Å². The van der Waals surface area contributed by atoms with Gasteiger partial charge in [-0.05, 0) is 35.4 Å². The number of benzene rings is 3. The molecule has 108 valence electrons. The molecule has 0 aliphatic rings.